The Kier molecular flexibility index (Phi) is 9.32. The van der Waals surface area contributed by atoms with Crippen molar-refractivity contribution in [2.45, 2.75) is 18.0 Å². The maximum Gasteiger partial charge on any atom is 0.434 e. The van der Waals surface area contributed by atoms with Crippen LogP contribution in [0.15, 0.2) is 59.7 Å². The maximum atomic E-state index is 13.2. The molecule has 2 aliphatic rings. The summed E-state index contributed by atoms with van der Waals surface area (Å²) in [4.78, 5) is 48.6. The minimum absolute atomic E-state index is 0.00698. The van der Waals surface area contributed by atoms with Gasteiger partial charge in [0.15, 0.2) is 18.9 Å². The number of aromatic nitrogens is 3. The first-order chi connectivity index (χ1) is 19.2. The predicted molar refractivity (Wildman–Crippen MR) is 142 cm³/mol. The molecule has 2 atom stereocenters. The highest BCUT2D eigenvalue weighted by Gasteiger charge is 2.53. The van der Waals surface area contributed by atoms with Gasteiger partial charge in [0.25, 0.3) is 11.8 Å². The molecule has 1 fully saturated rings. The minimum Gasteiger partial charge on any atom is -0.543 e. The molecule has 0 saturated carbocycles. The molecule has 1 saturated heterocycles. The third kappa shape index (κ3) is 6.23. The molecule has 4 heterocycles. The van der Waals surface area contributed by atoms with Crippen molar-refractivity contribution in [1.29, 1.82) is 0 Å². The number of rotatable bonds is 13. The molecule has 4 rings (SSSR count). The van der Waals surface area contributed by atoms with E-state index in [1.54, 1.807) is 29.1 Å². The fraction of sp³-hybridized carbons (Fsp3) is 0.318. The first kappa shape index (κ1) is 29.4. The molecule has 0 spiro atoms. The van der Waals surface area contributed by atoms with Crippen molar-refractivity contribution in [3.63, 3.8) is 0 Å². The van der Waals surface area contributed by atoms with Gasteiger partial charge in [-0.15, -0.1) is 11.8 Å². The summed E-state index contributed by atoms with van der Waals surface area (Å²) < 4.78 is 27.8. The van der Waals surface area contributed by atoms with E-state index < -0.39 is 36.9 Å². The van der Waals surface area contributed by atoms with E-state index >= 15 is 0 Å². The van der Waals surface area contributed by atoms with E-state index in [0.29, 0.717) is 11.3 Å². The SMILES string of the molecule is C=CCON=C(C(=O)NC1C(=O)N2C(C(=O)[O-])=C(C[n+]3ccccc3)CS[C@@H]12)c1nsc(NP(=O)(OC)OC)n1. The van der Waals surface area contributed by atoms with Crippen LogP contribution in [0.5, 0.6) is 0 Å². The maximum absolute atomic E-state index is 13.2. The monoisotopic (exact) mass is 609 g/mol. The number of nitrogens with one attached hydrogen (secondary N) is 2. The zero-order valence-electron chi connectivity index (χ0n) is 21.2. The molecule has 0 aliphatic carbocycles. The summed E-state index contributed by atoms with van der Waals surface area (Å²) in [7, 11) is -1.34. The Morgan fingerprint density at radius 2 is 2.05 bits per heavy atom. The van der Waals surface area contributed by atoms with Crippen LogP contribution in [0.4, 0.5) is 5.13 Å². The van der Waals surface area contributed by atoms with E-state index in [1.165, 1.54) is 32.1 Å². The van der Waals surface area contributed by atoms with Gasteiger partial charge in [0.1, 0.15) is 18.0 Å². The van der Waals surface area contributed by atoms with Crippen LogP contribution in [0, 0.1) is 0 Å². The molecule has 0 aromatic carbocycles. The number of pyridine rings is 1. The van der Waals surface area contributed by atoms with E-state index in [4.69, 9.17) is 13.9 Å². The van der Waals surface area contributed by atoms with E-state index in [1.807, 2.05) is 6.07 Å². The van der Waals surface area contributed by atoms with Crippen LogP contribution in [0.1, 0.15) is 5.82 Å². The second-order valence-electron chi connectivity index (χ2n) is 8.07. The fourth-order valence-electron chi connectivity index (χ4n) is 3.75. The third-order valence-electron chi connectivity index (χ3n) is 5.59. The number of carboxylic acids is 1. The Bertz CT molecular complexity index is 1410. The number of amides is 2. The van der Waals surface area contributed by atoms with Gasteiger partial charge in [0, 0.05) is 49.2 Å². The van der Waals surface area contributed by atoms with Crippen molar-refractivity contribution in [2.24, 2.45) is 5.16 Å². The van der Waals surface area contributed by atoms with Crippen LogP contribution in [0.2, 0.25) is 0 Å². The summed E-state index contributed by atoms with van der Waals surface area (Å²) in [5.41, 5.74) is -0.0807. The van der Waals surface area contributed by atoms with Crippen molar-refractivity contribution in [3.8, 4) is 0 Å². The topological polar surface area (TPSA) is 188 Å². The lowest BCUT2D eigenvalue weighted by atomic mass is 10.0. The van der Waals surface area contributed by atoms with Gasteiger partial charge in [0.2, 0.25) is 16.7 Å². The molecule has 0 radical (unpaired) electrons. The lowest BCUT2D eigenvalue weighted by Crippen LogP contribution is -2.71. The molecule has 15 nitrogen and oxygen atoms in total. The Balaban J connectivity index is 1.52. The van der Waals surface area contributed by atoms with Crippen LogP contribution in [-0.2, 0) is 39.4 Å². The van der Waals surface area contributed by atoms with Gasteiger partial charge < -0.3 is 20.1 Å². The predicted octanol–water partition coefficient (Wildman–Crippen LogP) is -0.351. The zero-order valence-corrected chi connectivity index (χ0v) is 23.7. The molecule has 1 unspecified atom stereocenters. The molecule has 40 heavy (non-hydrogen) atoms. The molecular weight excluding hydrogens is 585 g/mol. The summed E-state index contributed by atoms with van der Waals surface area (Å²) >= 11 is 2.06. The Morgan fingerprint density at radius 1 is 1.32 bits per heavy atom. The highest BCUT2D eigenvalue weighted by Crippen LogP contribution is 2.46. The number of carboxylic acid groups (broad SMARTS) is 1. The van der Waals surface area contributed by atoms with Crippen molar-refractivity contribution in [3.05, 3.63) is 60.3 Å². The first-order valence-corrected chi connectivity index (χ1v) is 14.9. The number of hydrogen-bond acceptors (Lipinski definition) is 13. The van der Waals surface area contributed by atoms with Crippen molar-refractivity contribution < 1.29 is 42.5 Å². The molecule has 0 bridgehead atoms. The third-order valence-corrected chi connectivity index (χ3v) is 9.16. The number of oxime groups is 1. The normalized spacial score (nSPS) is 19.0. The van der Waals surface area contributed by atoms with Gasteiger partial charge in [-0.25, -0.2) is 9.13 Å². The van der Waals surface area contributed by atoms with Crippen LogP contribution in [-0.4, -0.2) is 75.7 Å². The quantitative estimate of drug-likeness (QED) is 0.0572. The summed E-state index contributed by atoms with van der Waals surface area (Å²) in [5.74, 6) is -2.84. The Hall–Kier alpha value is -3.63. The van der Waals surface area contributed by atoms with Crippen LogP contribution < -0.4 is 20.1 Å². The van der Waals surface area contributed by atoms with E-state index in [0.717, 1.165) is 16.4 Å². The molecular formula is C22H24N7O8PS2. The Labute approximate surface area is 236 Å². The highest BCUT2D eigenvalue weighted by atomic mass is 32.2. The number of β-lactam (4-membered cyclic amide) rings is 1. The summed E-state index contributed by atoms with van der Waals surface area (Å²) in [6, 6.07) is 4.39. The van der Waals surface area contributed by atoms with Crippen molar-refractivity contribution in [1.82, 2.24) is 19.6 Å². The molecule has 212 valence electrons. The number of anilines is 1. The van der Waals surface area contributed by atoms with Gasteiger partial charge in [0.05, 0.1) is 11.7 Å². The lowest BCUT2D eigenvalue weighted by Gasteiger charge is -2.50. The minimum atomic E-state index is -3.69. The first-order valence-electron chi connectivity index (χ1n) is 11.5. The van der Waals surface area contributed by atoms with Gasteiger partial charge >= 0.3 is 7.75 Å². The number of fused-ring (bicyclic) bond motifs is 1. The number of hydrogen-bond donors (Lipinski definition) is 2. The van der Waals surface area contributed by atoms with Gasteiger partial charge in [-0.1, -0.05) is 23.9 Å². The van der Waals surface area contributed by atoms with Crippen LogP contribution >= 0.6 is 31.0 Å². The van der Waals surface area contributed by atoms with Crippen molar-refractivity contribution in [2.75, 3.05) is 31.7 Å². The number of carbonyl (C=O) groups excluding carboxylic acids is 3. The average Bonchev–Trinajstić information content (AvgIpc) is 3.41. The number of aliphatic carboxylic acids is 1. The molecule has 2 aliphatic heterocycles. The standard InChI is InChI=1S/C22H24N7O8PS2/c1-4-10-37-25-14(17-24-22(40-27-17)26-38(34,35-2)36-3)18(30)23-15-19(31)29-16(21(32)33)13(12-39-20(15)29)11-28-8-6-5-7-9-28/h4-9,15,20H,1,10-12H2,2-3H3,(H2-,23,24,26,27,30,32,33,34)/t15?,20-/m0/s1. The second-order valence-corrected chi connectivity index (χ2v) is 11.9. The molecule has 2 aromatic rings. The van der Waals surface area contributed by atoms with Crippen LogP contribution in [0.25, 0.3) is 0 Å². The van der Waals surface area contributed by atoms with E-state index in [9.17, 15) is 24.1 Å². The van der Waals surface area contributed by atoms with Crippen molar-refractivity contribution >= 4 is 59.7 Å². The summed E-state index contributed by atoms with van der Waals surface area (Å²) in [6.45, 7) is 3.73. The number of nitrogens with zero attached hydrogens (tertiary/aromatic N) is 5. The number of thioether (sulfide) groups is 1. The van der Waals surface area contributed by atoms with E-state index in [-0.39, 0.29) is 35.5 Å². The van der Waals surface area contributed by atoms with Gasteiger partial charge in [-0.3, -0.25) is 28.6 Å². The van der Waals surface area contributed by atoms with Gasteiger partial charge in [-0.05, 0) is 0 Å². The fourth-order valence-corrected chi connectivity index (χ4v) is 6.63. The smallest absolute Gasteiger partial charge is 0.434 e. The Morgan fingerprint density at radius 3 is 2.70 bits per heavy atom. The average molecular weight is 610 g/mol. The highest BCUT2D eigenvalue weighted by molar-refractivity contribution is 8.00. The largest absolute Gasteiger partial charge is 0.543 e. The second kappa shape index (κ2) is 12.7. The zero-order chi connectivity index (χ0) is 28.9. The lowest BCUT2D eigenvalue weighted by molar-refractivity contribution is -0.689. The number of carbonyl (C=O) groups is 3. The molecule has 2 aromatic heterocycles. The van der Waals surface area contributed by atoms with Gasteiger partial charge in [-0.2, -0.15) is 9.36 Å². The molecule has 2 amide bonds. The molecule has 2 N–H and O–H groups in total. The summed E-state index contributed by atoms with van der Waals surface area (Å²) in [5, 5.41) is 20.2. The molecule has 18 heteroatoms. The van der Waals surface area contributed by atoms with E-state index in [2.05, 4.69) is 31.5 Å². The van der Waals surface area contributed by atoms with Crippen LogP contribution in [0.3, 0.4) is 0 Å². The summed E-state index contributed by atoms with van der Waals surface area (Å²) in [6.07, 6.45) is 4.96.